The lowest BCUT2D eigenvalue weighted by atomic mass is 9.92. The number of esters is 2. The number of carboxylic acid groups (broad SMARTS) is 1. The average Bonchev–Trinajstić information content (AvgIpc) is 3.98. The molecule has 0 bridgehead atoms. The number of nitro groups is 1. The van der Waals surface area contributed by atoms with Crippen LogP contribution >= 0.6 is 23.2 Å². The third-order valence-corrected chi connectivity index (χ3v) is 11.0. The van der Waals surface area contributed by atoms with Crippen molar-refractivity contribution in [1.82, 2.24) is 14.8 Å². The number of likely N-dealkylation sites (tertiary alicyclic amines) is 1. The number of alkyl halides is 2. The number of halogens is 3. The molecule has 0 spiro atoms. The van der Waals surface area contributed by atoms with Crippen molar-refractivity contribution in [3.05, 3.63) is 73.8 Å². The summed E-state index contributed by atoms with van der Waals surface area (Å²) in [6.45, 7) is -0.554. The van der Waals surface area contributed by atoms with Crippen LogP contribution in [0.2, 0.25) is 0 Å². The molecule has 2 amide bonds. The zero-order chi connectivity index (χ0) is 43.4. The van der Waals surface area contributed by atoms with E-state index >= 15 is 4.39 Å². The van der Waals surface area contributed by atoms with E-state index in [1.165, 1.54) is 30.3 Å². The molecule has 1 aliphatic carbocycles. The molecular weight excluding hydrogens is 840 g/mol. The number of nitrogens with zero attached hydrogens (tertiary/aromatic N) is 4. The van der Waals surface area contributed by atoms with Crippen LogP contribution in [0.4, 0.5) is 20.6 Å². The largest absolute Gasteiger partial charge is 0.492 e. The Labute approximate surface area is 349 Å². The highest BCUT2D eigenvalue weighted by Gasteiger charge is 2.44. The number of ether oxygens (including phenoxy) is 4. The van der Waals surface area contributed by atoms with E-state index in [2.05, 4.69) is 5.32 Å². The maximum Gasteiger partial charge on any atom is 0.412 e. The number of piperidine rings is 1. The molecule has 3 fully saturated rings. The molecule has 0 radical (unpaired) electrons. The lowest BCUT2D eigenvalue weighted by molar-refractivity contribution is -0.384. The van der Waals surface area contributed by atoms with Crippen molar-refractivity contribution in [2.45, 2.75) is 67.6 Å². The first kappa shape index (κ1) is 43.8. The molecule has 322 valence electrons. The smallest absolute Gasteiger partial charge is 0.412 e. The normalized spacial score (nSPS) is 18.4. The zero-order valence-electron chi connectivity index (χ0n) is 31.9. The Morgan fingerprint density at radius 1 is 1.03 bits per heavy atom. The predicted octanol–water partition coefficient (Wildman–Crippen LogP) is 3.97. The van der Waals surface area contributed by atoms with Crippen molar-refractivity contribution in [1.29, 1.82) is 0 Å². The van der Waals surface area contributed by atoms with Gasteiger partial charge in [-0.05, 0) is 55.4 Å². The third-order valence-electron chi connectivity index (χ3n) is 10.6. The van der Waals surface area contributed by atoms with Gasteiger partial charge in [0.15, 0.2) is 16.4 Å². The van der Waals surface area contributed by atoms with Crippen LogP contribution in [0.5, 0.6) is 5.75 Å². The Morgan fingerprint density at radius 3 is 2.33 bits per heavy atom. The van der Waals surface area contributed by atoms with Crippen molar-refractivity contribution in [2.75, 3.05) is 45.0 Å². The van der Waals surface area contributed by atoms with Crippen molar-refractivity contribution in [3.8, 4) is 5.75 Å². The monoisotopic (exact) mass is 879 g/mol. The van der Waals surface area contributed by atoms with Gasteiger partial charge in [0.1, 0.15) is 24.0 Å². The minimum Gasteiger partial charge on any atom is -0.492 e. The van der Waals surface area contributed by atoms with Crippen LogP contribution in [-0.2, 0) is 28.6 Å². The van der Waals surface area contributed by atoms with Gasteiger partial charge in [0.2, 0.25) is 12.2 Å². The number of carbonyl (C=O) groups is 5. The number of nitro benzene ring substituents is 1. The number of hydrogen-bond donors (Lipinski definition) is 3. The minimum absolute atomic E-state index is 0.0803. The highest BCUT2D eigenvalue weighted by molar-refractivity contribution is 6.53. The molecule has 1 saturated carbocycles. The van der Waals surface area contributed by atoms with E-state index in [9.17, 15) is 49.1 Å². The summed E-state index contributed by atoms with van der Waals surface area (Å²) in [6.07, 6.45) is 0.803. The first-order chi connectivity index (χ1) is 28.6. The number of aromatic carboxylic acids is 1. The molecule has 4 atom stereocenters. The van der Waals surface area contributed by atoms with Gasteiger partial charge in [-0.1, -0.05) is 23.2 Å². The molecule has 6 rings (SSSR count). The molecule has 2 aromatic carbocycles. The van der Waals surface area contributed by atoms with Gasteiger partial charge in [-0.3, -0.25) is 29.3 Å². The zero-order valence-corrected chi connectivity index (χ0v) is 33.4. The number of rotatable bonds is 16. The SMILES string of the molecule is COc1c(N2CC3CCCN(C(=O)OCOC(=O)CCC(=O)OC[C@@H](NC(=O)C(Cl)Cl)[C@H](O)c4ccc([N+](=O)[O-])cc4)C3C2)c(F)cc2c(=O)c(C(=O)O)cn(C3CC3)c12. The molecule has 19 nitrogen and oxygen atoms in total. The van der Waals surface area contributed by atoms with E-state index in [-0.39, 0.29) is 52.1 Å². The Hall–Kier alpha value is -5.73. The van der Waals surface area contributed by atoms with Crippen molar-refractivity contribution < 1.29 is 62.4 Å². The topological polar surface area (TPSA) is 246 Å². The Kier molecular flexibility index (Phi) is 13.6. The highest BCUT2D eigenvalue weighted by Crippen LogP contribution is 2.45. The van der Waals surface area contributed by atoms with Gasteiger partial charge >= 0.3 is 24.0 Å². The van der Waals surface area contributed by atoms with E-state index in [0.717, 1.165) is 31.0 Å². The highest BCUT2D eigenvalue weighted by atomic mass is 35.5. The average molecular weight is 881 g/mol. The number of carboxylic acids is 1. The molecule has 3 aliphatic rings. The summed E-state index contributed by atoms with van der Waals surface area (Å²) < 4.78 is 38.8. The fourth-order valence-corrected chi connectivity index (χ4v) is 7.68. The summed E-state index contributed by atoms with van der Waals surface area (Å²) in [5.41, 5.74) is -1.03. The maximum atomic E-state index is 16.0. The number of fused-ring (bicyclic) bond motifs is 2. The predicted molar refractivity (Wildman–Crippen MR) is 208 cm³/mol. The van der Waals surface area contributed by atoms with Gasteiger partial charge in [0.25, 0.3) is 11.6 Å². The fourth-order valence-electron chi connectivity index (χ4n) is 7.56. The Morgan fingerprint density at radius 2 is 1.72 bits per heavy atom. The van der Waals surface area contributed by atoms with E-state index < -0.39 is 101 Å². The van der Waals surface area contributed by atoms with Crippen LogP contribution in [-0.4, -0.2) is 112 Å². The molecule has 60 heavy (non-hydrogen) atoms. The molecule has 3 heterocycles. The molecule has 3 N–H and O–H groups in total. The first-order valence-corrected chi connectivity index (χ1v) is 19.7. The van der Waals surface area contributed by atoms with Gasteiger partial charge in [-0.2, -0.15) is 0 Å². The van der Waals surface area contributed by atoms with Crippen LogP contribution in [0.3, 0.4) is 0 Å². The van der Waals surface area contributed by atoms with Gasteiger partial charge in [-0.25, -0.2) is 14.0 Å². The number of nitrogens with one attached hydrogen (secondary N) is 1. The number of non-ortho nitro benzene ring substituents is 1. The Bertz CT molecular complexity index is 2240. The standard InChI is InChI=1S/C38H40Cl2FN5O14/c1-57-34-30-23(33(50)24(37(52)53)15-45(30)21-8-9-21)13-25(41)31(34)43-14-20-3-2-12-44(27(20)16-43)38(54)60-18-59-29(48)11-10-28(47)58-17-26(42-36(51)35(39)40)32(49)19-4-6-22(7-5-19)46(55)56/h4-7,13,15,20-21,26-27,32,35,49H,2-3,8-12,14,16-18H2,1H3,(H,42,51)(H,52,53)/t20?,26-,27?,32-/m1/s1. The lowest BCUT2D eigenvalue weighted by Crippen LogP contribution is -2.48. The van der Waals surface area contributed by atoms with Crippen LogP contribution in [0.1, 0.15) is 66.6 Å². The van der Waals surface area contributed by atoms with E-state index in [1.807, 2.05) is 0 Å². The quantitative estimate of drug-likeness (QED) is 0.0606. The lowest BCUT2D eigenvalue weighted by Gasteiger charge is -2.35. The summed E-state index contributed by atoms with van der Waals surface area (Å²) >= 11 is 11.2. The van der Waals surface area contributed by atoms with Gasteiger partial charge < -0.3 is 48.8 Å². The summed E-state index contributed by atoms with van der Waals surface area (Å²) in [5.74, 6) is -4.97. The minimum atomic E-state index is -1.53. The molecule has 2 aliphatic heterocycles. The molecule has 22 heteroatoms. The summed E-state index contributed by atoms with van der Waals surface area (Å²) in [7, 11) is 1.34. The second-order valence-electron chi connectivity index (χ2n) is 14.5. The summed E-state index contributed by atoms with van der Waals surface area (Å²) in [6, 6.07) is 4.00. The number of hydrogen-bond acceptors (Lipinski definition) is 14. The number of benzene rings is 2. The molecule has 3 aromatic rings. The molecule has 2 unspecified atom stereocenters. The van der Waals surface area contributed by atoms with Crippen molar-refractivity contribution in [3.63, 3.8) is 0 Å². The second kappa shape index (κ2) is 18.7. The van der Waals surface area contributed by atoms with Crippen molar-refractivity contribution in [2.24, 2.45) is 5.92 Å². The van der Waals surface area contributed by atoms with Crippen LogP contribution in [0, 0.1) is 21.8 Å². The van der Waals surface area contributed by atoms with Gasteiger partial charge in [-0.15, -0.1) is 0 Å². The van der Waals surface area contributed by atoms with Crippen molar-refractivity contribution >= 4 is 75.4 Å². The number of carbonyl (C=O) groups excluding carboxylic acids is 4. The molecule has 2 saturated heterocycles. The fraction of sp³-hybridized carbons (Fsp3) is 0.474. The maximum absolute atomic E-state index is 16.0. The number of anilines is 1. The van der Waals surface area contributed by atoms with Crippen LogP contribution in [0.15, 0.2) is 41.3 Å². The summed E-state index contributed by atoms with van der Waals surface area (Å²) in [4.78, 5) is 87.3. The van der Waals surface area contributed by atoms with E-state index in [0.29, 0.717) is 25.9 Å². The van der Waals surface area contributed by atoms with Gasteiger partial charge in [0, 0.05) is 44.0 Å². The van der Waals surface area contributed by atoms with Crippen LogP contribution < -0.4 is 20.4 Å². The molecule has 1 aromatic heterocycles. The number of aliphatic hydroxyl groups is 1. The van der Waals surface area contributed by atoms with E-state index in [1.54, 1.807) is 9.47 Å². The number of aliphatic hydroxyl groups excluding tert-OH is 1. The van der Waals surface area contributed by atoms with E-state index in [4.69, 9.17) is 42.1 Å². The third kappa shape index (κ3) is 9.66. The first-order valence-electron chi connectivity index (χ1n) is 18.8. The molecular formula is C38H40Cl2FN5O14. The van der Waals surface area contributed by atoms with Crippen LogP contribution in [0.25, 0.3) is 10.9 Å². The Balaban J connectivity index is 1.02. The number of aromatic nitrogens is 1. The number of amides is 2. The van der Waals surface area contributed by atoms with Gasteiger partial charge in [0.05, 0.1) is 47.9 Å². The number of pyridine rings is 1. The summed E-state index contributed by atoms with van der Waals surface area (Å²) in [5, 5.41) is 33.7. The second-order valence-corrected chi connectivity index (χ2v) is 15.6. The number of methoxy groups -OCH3 is 1.